The van der Waals surface area contributed by atoms with E-state index in [1.165, 1.54) is 6.08 Å². The van der Waals surface area contributed by atoms with Crippen LogP contribution in [0.25, 0.3) is 0 Å². The Morgan fingerprint density at radius 1 is 1.73 bits per heavy atom. The lowest BCUT2D eigenvalue weighted by molar-refractivity contribution is -0.124. The van der Waals surface area contributed by atoms with E-state index in [0.717, 1.165) is 0 Å². The number of allylic oxidation sites excluding steroid dienone is 1. The van der Waals surface area contributed by atoms with Crippen molar-refractivity contribution in [2.24, 2.45) is 5.92 Å². The first-order chi connectivity index (χ1) is 5.13. The van der Waals surface area contributed by atoms with Gasteiger partial charge in [-0.05, 0) is 5.92 Å². The summed E-state index contributed by atoms with van der Waals surface area (Å²) in [6.45, 7) is 7.19. The van der Waals surface area contributed by atoms with Gasteiger partial charge >= 0.3 is 0 Å². The minimum absolute atomic E-state index is 0.0301. The highest BCUT2D eigenvalue weighted by molar-refractivity contribution is 5.85. The fourth-order valence-electron chi connectivity index (χ4n) is 0.862. The highest BCUT2D eigenvalue weighted by Gasteiger charge is 2.19. The van der Waals surface area contributed by atoms with E-state index in [-0.39, 0.29) is 11.7 Å². The molecule has 0 aromatic rings. The molecule has 0 aromatic carbocycles. The van der Waals surface area contributed by atoms with Crippen molar-refractivity contribution < 1.29 is 10.0 Å². The Morgan fingerprint density at radius 2 is 2.27 bits per heavy atom. The van der Waals surface area contributed by atoms with E-state index < -0.39 is 6.04 Å². The number of hydrogen-bond donors (Lipinski definition) is 2. The molecule has 0 radical (unpaired) electrons. The summed E-state index contributed by atoms with van der Waals surface area (Å²) in [6.07, 6.45) is 1.84. The third-order valence-electron chi connectivity index (χ3n) is 1.50. The van der Waals surface area contributed by atoms with E-state index in [0.29, 0.717) is 6.42 Å². The van der Waals surface area contributed by atoms with Crippen molar-refractivity contribution in [2.75, 3.05) is 0 Å². The smallest absolute Gasteiger partial charge is 0.156 e. The largest absolute Gasteiger partial charge is 0.316 e. The van der Waals surface area contributed by atoms with Crippen molar-refractivity contribution in [3.05, 3.63) is 12.7 Å². The lowest BCUT2D eigenvalue weighted by atomic mass is 9.99. The van der Waals surface area contributed by atoms with Gasteiger partial charge < -0.3 is 5.21 Å². The van der Waals surface area contributed by atoms with Crippen LogP contribution in [0.15, 0.2) is 12.7 Å². The molecule has 0 heterocycles. The normalized spacial score (nSPS) is 13.1. The molecule has 0 aliphatic heterocycles. The Morgan fingerprint density at radius 3 is 2.55 bits per heavy atom. The molecule has 3 nitrogen and oxygen atoms in total. The number of carbonyl (C=O) groups excluding carboxylic acids is 1. The van der Waals surface area contributed by atoms with Crippen molar-refractivity contribution in [1.82, 2.24) is 5.48 Å². The summed E-state index contributed by atoms with van der Waals surface area (Å²) in [6, 6.07) is -0.465. The maximum Gasteiger partial charge on any atom is 0.156 e. The van der Waals surface area contributed by atoms with Crippen molar-refractivity contribution in [1.29, 1.82) is 0 Å². The van der Waals surface area contributed by atoms with Crippen LogP contribution in [0.2, 0.25) is 0 Å². The van der Waals surface area contributed by atoms with Crippen LogP contribution in [0.1, 0.15) is 20.3 Å². The highest BCUT2D eigenvalue weighted by atomic mass is 16.5. The van der Waals surface area contributed by atoms with Gasteiger partial charge in [-0.2, -0.15) is 5.48 Å². The molecule has 0 amide bonds. The lowest BCUT2D eigenvalue weighted by Crippen LogP contribution is -2.38. The van der Waals surface area contributed by atoms with Crippen LogP contribution in [0.5, 0.6) is 0 Å². The summed E-state index contributed by atoms with van der Waals surface area (Å²) in [5.41, 5.74) is 1.99. The molecule has 0 bridgehead atoms. The Labute approximate surface area is 67.1 Å². The van der Waals surface area contributed by atoms with Gasteiger partial charge in [0.05, 0.1) is 6.04 Å². The summed E-state index contributed by atoms with van der Waals surface area (Å²) in [7, 11) is 0. The first-order valence-electron chi connectivity index (χ1n) is 3.66. The number of hydrogen-bond acceptors (Lipinski definition) is 3. The minimum Gasteiger partial charge on any atom is -0.316 e. The van der Waals surface area contributed by atoms with E-state index in [2.05, 4.69) is 6.58 Å². The first-order valence-corrected chi connectivity index (χ1v) is 3.66. The standard InChI is InChI=1S/C8H15NO2/c1-4-5-7(10)8(9-11)6(2)3/h4,6,8-9,11H,1,5H2,2-3H3/t8-/m0/s1. The van der Waals surface area contributed by atoms with Crippen molar-refractivity contribution in [3.63, 3.8) is 0 Å². The number of Topliss-reactive ketones (excluding diaryl/α,β-unsaturated/α-hetero) is 1. The second kappa shape index (κ2) is 5.04. The van der Waals surface area contributed by atoms with E-state index >= 15 is 0 Å². The molecule has 64 valence electrons. The fraction of sp³-hybridized carbons (Fsp3) is 0.625. The Hall–Kier alpha value is -0.670. The monoisotopic (exact) mass is 157 g/mol. The molecule has 2 N–H and O–H groups in total. The van der Waals surface area contributed by atoms with Crippen LogP contribution in [-0.2, 0) is 4.79 Å². The minimum atomic E-state index is -0.465. The van der Waals surface area contributed by atoms with Gasteiger partial charge in [0, 0.05) is 6.42 Å². The zero-order valence-corrected chi connectivity index (χ0v) is 7.00. The Kier molecular flexibility index (Phi) is 4.74. The predicted molar refractivity (Wildman–Crippen MR) is 43.4 cm³/mol. The molecule has 0 unspecified atom stereocenters. The van der Waals surface area contributed by atoms with E-state index in [4.69, 9.17) is 5.21 Å². The van der Waals surface area contributed by atoms with Crippen molar-refractivity contribution >= 4 is 5.78 Å². The van der Waals surface area contributed by atoms with Crippen LogP contribution >= 0.6 is 0 Å². The lowest BCUT2D eigenvalue weighted by Gasteiger charge is -2.16. The summed E-state index contributed by atoms with van der Waals surface area (Å²) in [5, 5.41) is 8.59. The molecule has 3 heteroatoms. The molecular formula is C8H15NO2. The van der Waals surface area contributed by atoms with Gasteiger partial charge in [0.2, 0.25) is 0 Å². The molecule has 0 rings (SSSR count). The van der Waals surface area contributed by atoms with E-state index in [1.807, 2.05) is 19.3 Å². The third-order valence-corrected chi connectivity index (χ3v) is 1.50. The predicted octanol–water partition coefficient (Wildman–Crippen LogP) is 1.13. The maximum absolute atomic E-state index is 11.1. The van der Waals surface area contributed by atoms with Gasteiger partial charge in [-0.1, -0.05) is 19.9 Å². The number of ketones is 1. The quantitative estimate of drug-likeness (QED) is 0.464. The SMILES string of the molecule is C=CCC(=O)[C@@H](NO)C(C)C. The molecule has 0 spiro atoms. The van der Waals surface area contributed by atoms with Gasteiger partial charge in [-0.25, -0.2) is 0 Å². The van der Waals surface area contributed by atoms with Gasteiger partial charge in [-0.15, -0.1) is 6.58 Å². The maximum atomic E-state index is 11.1. The van der Waals surface area contributed by atoms with E-state index in [9.17, 15) is 4.79 Å². The Balaban J connectivity index is 4.02. The Bertz CT molecular complexity index is 143. The van der Waals surface area contributed by atoms with Gasteiger partial charge in [0.25, 0.3) is 0 Å². The van der Waals surface area contributed by atoms with Gasteiger partial charge in [0.1, 0.15) is 0 Å². The topological polar surface area (TPSA) is 49.3 Å². The number of nitrogens with one attached hydrogen (secondary N) is 1. The van der Waals surface area contributed by atoms with E-state index in [1.54, 1.807) is 0 Å². The van der Waals surface area contributed by atoms with Crippen LogP contribution in [0.4, 0.5) is 0 Å². The second-order valence-electron chi connectivity index (χ2n) is 2.81. The number of carbonyl (C=O) groups is 1. The molecule has 0 fully saturated rings. The molecule has 1 atom stereocenters. The average molecular weight is 157 g/mol. The second-order valence-corrected chi connectivity index (χ2v) is 2.81. The molecule has 0 saturated heterocycles. The molecule has 0 aliphatic carbocycles. The zero-order chi connectivity index (χ0) is 8.85. The summed E-state index contributed by atoms with van der Waals surface area (Å²) in [5.74, 6) is 0.0740. The first kappa shape index (κ1) is 10.3. The molecule has 11 heavy (non-hydrogen) atoms. The number of hydroxylamine groups is 1. The van der Waals surface area contributed by atoms with Crippen molar-refractivity contribution in [3.8, 4) is 0 Å². The highest BCUT2D eigenvalue weighted by Crippen LogP contribution is 2.04. The van der Waals surface area contributed by atoms with Crippen LogP contribution in [-0.4, -0.2) is 17.0 Å². The van der Waals surface area contributed by atoms with Gasteiger partial charge in [0.15, 0.2) is 5.78 Å². The summed E-state index contributed by atoms with van der Waals surface area (Å²) >= 11 is 0. The van der Waals surface area contributed by atoms with Crippen LogP contribution < -0.4 is 5.48 Å². The molecule has 0 aliphatic rings. The van der Waals surface area contributed by atoms with Crippen LogP contribution in [0.3, 0.4) is 0 Å². The third kappa shape index (κ3) is 3.30. The number of rotatable bonds is 5. The molecule has 0 saturated carbocycles. The average Bonchev–Trinajstić information content (AvgIpc) is 1.88. The van der Waals surface area contributed by atoms with Gasteiger partial charge in [-0.3, -0.25) is 4.79 Å². The fourth-order valence-corrected chi connectivity index (χ4v) is 0.862. The van der Waals surface area contributed by atoms with Crippen molar-refractivity contribution in [2.45, 2.75) is 26.3 Å². The van der Waals surface area contributed by atoms with Crippen LogP contribution in [0, 0.1) is 5.92 Å². The molecule has 0 aromatic heterocycles. The zero-order valence-electron chi connectivity index (χ0n) is 7.00. The summed E-state index contributed by atoms with van der Waals surface area (Å²) in [4.78, 5) is 11.1. The summed E-state index contributed by atoms with van der Waals surface area (Å²) < 4.78 is 0. The molecular weight excluding hydrogens is 142 g/mol.